The van der Waals surface area contributed by atoms with Crippen LogP contribution in [0.15, 0.2) is 36.4 Å². The number of hydrogen-bond acceptors (Lipinski definition) is 6. The van der Waals surface area contributed by atoms with E-state index in [0.717, 1.165) is 17.5 Å². The number of hydrogen-bond donors (Lipinski definition) is 4. The van der Waals surface area contributed by atoms with Crippen LogP contribution in [-0.2, 0) is 28.7 Å². The maximum absolute atomic E-state index is 12.4. The van der Waals surface area contributed by atoms with E-state index in [1.54, 1.807) is 12.1 Å². The molecule has 188 valence electrons. The van der Waals surface area contributed by atoms with Crippen molar-refractivity contribution >= 4 is 11.6 Å². The summed E-state index contributed by atoms with van der Waals surface area (Å²) in [4.78, 5) is 0. The zero-order valence-electron chi connectivity index (χ0n) is 18.9. The van der Waals surface area contributed by atoms with Gasteiger partial charge in [0.25, 0.3) is 6.43 Å². The Balaban J connectivity index is 1.94. The quantitative estimate of drug-likeness (QED) is 0.374. The fourth-order valence-electron chi connectivity index (χ4n) is 4.12. The molecule has 34 heavy (non-hydrogen) atoms. The van der Waals surface area contributed by atoms with Gasteiger partial charge in [-0.2, -0.15) is 0 Å². The van der Waals surface area contributed by atoms with Gasteiger partial charge in [0.2, 0.25) is 0 Å². The predicted molar refractivity (Wildman–Crippen MR) is 123 cm³/mol. The molecular weight excluding hydrogens is 470 g/mol. The summed E-state index contributed by atoms with van der Waals surface area (Å²) in [7, 11) is 0. The van der Waals surface area contributed by atoms with Crippen molar-refractivity contribution in [1.82, 2.24) is 0 Å². The lowest BCUT2D eigenvalue weighted by molar-refractivity contribution is -0.231. The van der Waals surface area contributed by atoms with Crippen molar-refractivity contribution in [1.29, 1.82) is 0 Å². The largest absolute Gasteiger partial charge is 0.394 e. The summed E-state index contributed by atoms with van der Waals surface area (Å²) in [5, 5.41) is 41.1. The van der Waals surface area contributed by atoms with Gasteiger partial charge in [-0.3, -0.25) is 0 Å². The summed E-state index contributed by atoms with van der Waals surface area (Å²) in [5.41, 5.74) is 4.05. The summed E-state index contributed by atoms with van der Waals surface area (Å²) in [6.07, 6.45) is -7.61. The van der Waals surface area contributed by atoms with Gasteiger partial charge in [-0.15, -0.1) is 0 Å². The van der Waals surface area contributed by atoms with Crippen LogP contribution < -0.4 is 0 Å². The van der Waals surface area contributed by atoms with E-state index < -0.39 is 50.2 Å². The van der Waals surface area contributed by atoms with E-state index in [0.29, 0.717) is 22.6 Å². The first-order chi connectivity index (χ1) is 16.2. The summed E-state index contributed by atoms with van der Waals surface area (Å²) in [6, 6.07) is 11.5. The fourth-order valence-corrected chi connectivity index (χ4v) is 4.37. The monoisotopic (exact) mass is 500 g/mol. The second-order valence-corrected chi connectivity index (χ2v) is 8.86. The molecule has 6 nitrogen and oxygen atoms in total. The van der Waals surface area contributed by atoms with Gasteiger partial charge in [-0.1, -0.05) is 48.9 Å². The van der Waals surface area contributed by atoms with Crippen LogP contribution >= 0.6 is 11.6 Å². The predicted octanol–water partition coefficient (Wildman–Crippen LogP) is 2.83. The fraction of sp³-hybridized carbons (Fsp3) is 0.520. The van der Waals surface area contributed by atoms with Crippen LogP contribution in [0, 0.1) is 0 Å². The Bertz CT molecular complexity index is 924. The number of aliphatic hydroxyl groups excluding tert-OH is 4. The highest BCUT2D eigenvalue weighted by Crippen LogP contribution is 2.37. The number of alkyl halides is 2. The van der Waals surface area contributed by atoms with Crippen LogP contribution in [-0.4, -0.2) is 71.1 Å². The molecule has 9 heteroatoms. The Hall–Kier alpha value is -1.65. The molecule has 0 amide bonds. The number of benzene rings is 2. The smallest absolute Gasteiger partial charge is 0.261 e. The highest BCUT2D eigenvalue weighted by molar-refractivity contribution is 6.31. The lowest BCUT2D eigenvalue weighted by Gasteiger charge is -2.41. The van der Waals surface area contributed by atoms with Crippen molar-refractivity contribution in [3.8, 4) is 0 Å². The third-order valence-corrected chi connectivity index (χ3v) is 6.44. The van der Waals surface area contributed by atoms with E-state index in [4.69, 9.17) is 21.1 Å². The summed E-state index contributed by atoms with van der Waals surface area (Å²) < 4.78 is 35.7. The van der Waals surface area contributed by atoms with Crippen LogP contribution in [0.3, 0.4) is 0 Å². The standard InChI is InChI=1S/C25H31ClF2O6/c1-2-14-3-5-15(6-4-14)9-17-10-18(16(11-19(17)26)7-8-33-13-21(27)28)25-24(32)23(31)22(30)20(12-29)34-25/h3-6,10-11,20-25,29-32H,2,7-9,12-13H2,1H3/t20-,22-,23+,24-,25?/m1/s1. The Morgan fingerprint density at radius 2 is 1.68 bits per heavy atom. The lowest BCUT2D eigenvalue weighted by atomic mass is 9.87. The van der Waals surface area contributed by atoms with Crippen molar-refractivity contribution in [2.24, 2.45) is 0 Å². The Morgan fingerprint density at radius 1 is 1.00 bits per heavy atom. The van der Waals surface area contributed by atoms with E-state index in [2.05, 4.69) is 6.92 Å². The Morgan fingerprint density at radius 3 is 2.29 bits per heavy atom. The van der Waals surface area contributed by atoms with Gasteiger partial charge in [-0.05, 0) is 53.1 Å². The van der Waals surface area contributed by atoms with Crippen LogP contribution in [0.2, 0.25) is 5.02 Å². The molecule has 1 fully saturated rings. The zero-order chi connectivity index (χ0) is 24.8. The van der Waals surface area contributed by atoms with Gasteiger partial charge in [0.05, 0.1) is 13.2 Å². The van der Waals surface area contributed by atoms with Gasteiger partial charge in [0.1, 0.15) is 37.1 Å². The molecule has 3 rings (SSSR count). The summed E-state index contributed by atoms with van der Waals surface area (Å²) in [5.74, 6) is 0. The molecule has 0 aromatic heterocycles. The molecule has 0 aliphatic carbocycles. The minimum atomic E-state index is -2.59. The van der Waals surface area contributed by atoms with Crippen molar-refractivity contribution in [2.75, 3.05) is 19.8 Å². The number of aryl methyl sites for hydroxylation is 1. The van der Waals surface area contributed by atoms with Gasteiger partial charge in [0, 0.05) is 5.02 Å². The molecule has 1 saturated heterocycles. The Kier molecular flexibility index (Phi) is 9.79. The molecule has 5 atom stereocenters. The topological polar surface area (TPSA) is 99.4 Å². The van der Waals surface area contributed by atoms with E-state index in [1.165, 1.54) is 5.56 Å². The molecule has 0 radical (unpaired) electrons. The van der Waals surface area contributed by atoms with Crippen molar-refractivity contribution in [2.45, 2.75) is 63.1 Å². The number of aliphatic hydroxyl groups is 4. The van der Waals surface area contributed by atoms with E-state index in [9.17, 15) is 29.2 Å². The minimum Gasteiger partial charge on any atom is -0.394 e. The Labute approximate surface area is 202 Å². The van der Waals surface area contributed by atoms with E-state index in [-0.39, 0.29) is 13.0 Å². The van der Waals surface area contributed by atoms with Crippen molar-refractivity contribution < 1.29 is 38.7 Å². The average Bonchev–Trinajstić information content (AvgIpc) is 2.82. The van der Waals surface area contributed by atoms with E-state index in [1.807, 2.05) is 24.3 Å². The van der Waals surface area contributed by atoms with Crippen LogP contribution in [0.25, 0.3) is 0 Å². The van der Waals surface area contributed by atoms with Gasteiger partial charge in [-0.25, -0.2) is 8.78 Å². The SMILES string of the molecule is CCc1ccc(Cc2cc(C3O[C@H](CO)[C@@H](O)[C@H](O)[C@H]3O)c(CCOCC(F)F)cc2Cl)cc1. The molecule has 1 heterocycles. The summed E-state index contributed by atoms with van der Waals surface area (Å²) >= 11 is 6.56. The van der Waals surface area contributed by atoms with Gasteiger partial charge in [0.15, 0.2) is 0 Å². The molecule has 1 unspecified atom stereocenters. The highest BCUT2D eigenvalue weighted by Gasteiger charge is 2.44. The van der Waals surface area contributed by atoms with Gasteiger partial charge < -0.3 is 29.9 Å². The van der Waals surface area contributed by atoms with Crippen LogP contribution in [0.5, 0.6) is 0 Å². The second kappa shape index (κ2) is 12.4. The molecular formula is C25H31ClF2O6. The summed E-state index contributed by atoms with van der Waals surface area (Å²) in [6.45, 7) is 0.804. The maximum Gasteiger partial charge on any atom is 0.261 e. The second-order valence-electron chi connectivity index (χ2n) is 8.45. The van der Waals surface area contributed by atoms with Crippen molar-refractivity contribution in [3.63, 3.8) is 0 Å². The number of ether oxygens (including phenoxy) is 2. The first kappa shape index (κ1) is 26.9. The zero-order valence-corrected chi connectivity index (χ0v) is 19.7. The van der Waals surface area contributed by atoms with Crippen LogP contribution in [0.4, 0.5) is 8.78 Å². The molecule has 1 aliphatic heterocycles. The maximum atomic E-state index is 12.4. The average molecular weight is 501 g/mol. The molecule has 1 aliphatic rings. The third-order valence-electron chi connectivity index (χ3n) is 6.09. The molecule has 2 aromatic carbocycles. The number of halogens is 3. The van der Waals surface area contributed by atoms with E-state index >= 15 is 0 Å². The first-order valence-corrected chi connectivity index (χ1v) is 11.7. The molecule has 4 N–H and O–H groups in total. The number of rotatable bonds is 10. The van der Waals surface area contributed by atoms with Crippen LogP contribution in [0.1, 0.15) is 40.8 Å². The molecule has 0 bridgehead atoms. The first-order valence-electron chi connectivity index (χ1n) is 11.3. The highest BCUT2D eigenvalue weighted by atomic mass is 35.5. The third kappa shape index (κ3) is 6.51. The molecule has 0 spiro atoms. The van der Waals surface area contributed by atoms with Gasteiger partial charge >= 0.3 is 0 Å². The molecule has 0 saturated carbocycles. The molecule has 2 aromatic rings. The van der Waals surface area contributed by atoms with Crippen molar-refractivity contribution in [3.05, 3.63) is 69.2 Å². The minimum absolute atomic E-state index is 0.0110. The lowest BCUT2D eigenvalue weighted by Crippen LogP contribution is -2.55. The normalized spacial score (nSPS) is 25.1.